The minimum absolute atomic E-state index is 0.780. The van der Waals surface area contributed by atoms with Crippen LogP contribution in [0.2, 0.25) is 0 Å². The molecule has 0 aromatic heterocycles. The largest absolute Gasteiger partial charge is 0.382 e. The van der Waals surface area contributed by atoms with Crippen molar-refractivity contribution in [1.82, 2.24) is 0 Å². The standard InChI is InChI=1S/C13H27NO/c1-3-15-8-4-5-12-9-11(2)6-7-13(12)10-14/h11-13H,3-10,14H2,1-2H3. The van der Waals surface area contributed by atoms with Gasteiger partial charge < -0.3 is 10.5 Å². The molecule has 90 valence electrons. The summed E-state index contributed by atoms with van der Waals surface area (Å²) in [6.45, 7) is 7.10. The van der Waals surface area contributed by atoms with Crippen LogP contribution in [0.15, 0.2) is 0 Å². The summed E-state index contributed by atoms with van der Waals surface area (Å²) in [7, 11) is 0. The molecule has 0 amide bonds. The fourth-order valence-corrected chi connectivity index (χ4v) is 2.82. The SMILES string of the molecule is CCOCCCC1CC(C)CCC1CN. The molecule has 0 aromatic carbocycles. The molecule has 1 aliphatic carbocycles. The van der Waals surface area contributed by atoms with Crippen LogP contribution in [0.25, 0.3) is 0 Å². The van der Waals surface area contributed by atoms with Crippen LogP contribution in [0, 0.1) is 17.8 Å². The Morgan fingerprint density at radius 2 is 2.07 bits per heavy atom. The zero-order chi connectivity index (χ0) is 11.1. The first-order chi connectivity index (χ1) is 7.27. The minimum atomic E-state index is 0.780. The van der Waals surface area contributed by atoms with E-state index in [1.807, 2.05) is 0 Å². The van der Waals surface area contributed by atoms with Crippen LogP contribution < -0.4 is 5.73 Å². The molecule has 2 nitrogen and oxygen atoms in total. The topological polar surface area (TPSA) is 35.2 Å². The molecule has 0 saturated heterocycles. The van der Waals surface area contributed by atoms with Gasteiger partial charge in [0.15, 0.2) is 0 Å². The summed E-state index contributed by atoms with van der Waals surface area (Å²) in [4.78, 5) is 0. The van der Waals surface area contributed by atoms with E-state index >= 15 is 0 Å². The van der Waals surface area contributed by atoms with E-state index in [0.29, 0.717) is 0 Å². The van der Waals surface area contributed by atoms with Gasteiger partial charge >= 0.3 is 0 Å². The third-order valence-electron chi connectivity index (χ3n) is 3.77. The summed E-state index contributed by atoms with van der Waals surface area (Å²) < 4.78 is 5.39. The molecule has 2 heteroatoms. The van der Waals surface area contributed by atoms with E-state index in [-0.39, 0.29) is 0 Å². The van der Waals surface area contributed by atoms with E-state index < -0.39 is 0 Å². The summed E-state index contributed by atoms with van der Waals surface area (Å²) in [5, 5.41) is 0. The fourth-order valence-electron chi connectivity index (χ4n) is 2.82. The summed E-state index contributed by atoms with van der Waals surface area (Å²) in [6, 6.07) is 0. The number of hydrogen-bond acceptors (Lipinski definition) is 2. The second-order valence-electron chi connectivity index (χ2n) is 5.01. The molecule has 0 spiro atoms. The highest BCUT2D eigenvalue weighted by Gasteiger charge is 2.26. The summed E-state index contributed by atoms with van der Waals surface area (Å²) in [6.07, 6.45) is 6.63. The zero-order valence-electron chi connectivity index (χ0n) is 10.4. The van der Waals surface area contributed by atoms with Gasteiger partial charge in [0.2, 0.25) is 0 Å². The summed E-state index contributed by atoms with van der Waals surface area (Å²) >= 11 is 0. The Morgan fingerprint density at radius 1 is 1.27 bits per heavy atom. The smallest absolute Gasteiger partial charge is 0.0465 e. The van der Waals surface area contributed by atoms with Crippen molar-refractivity contribution in [2.75, 3.05) is 19.8 Å². The minimum Gasteiger partial charge on any atom is -0.382 e. The van der Waals surface area contributed by atoms with Crippen molar-refractivity contribution in [3.63, 3.8) is 0 Å². The Balaban J connectivity index is 2.22. The molecular formula is C13H27NO. The van der Waals surface area contributed by atoms with Crippen LogP contribution in [0.4, 0.5) is 0 Å². The molecule has 15 heavy (non-hydrogen) atoms. The van der Waals surface area contributed by atoms with Gasteiger partial charge in [-0.15, -0.1) is 0 Å². The van der Waals surface area contributed by atoms with Gasteiger partial charge in [0.05, 0.1) is 0 Å². The Hall–Kier alpha value is -0.0800. The van der Waals surface area contributed by atoms with E-state index in [1.165, 1.54) is 32.1 Å². The molecule has 1 saturated carbocycles. The van der Waals surface area contributed by atoms with Crippen LogP contribution in [0.1, 0.15) is 46.0 Å². The Bertz CT molecular complexity index is 161. The summed E-state index contributed by atoms with van der Waals surface area (Å²) in [5.41, 5.74) is 5.84. The lowest BCUT2D eigenvalue weighted by Gasteiger charge is -2.34. The fraction of sp³-hybridized carbons (Fsp3) is 1.00. The number of nitrogens with two attached hydrogens (primary N) is 1. The molecule has 3 atom stereocenters. The molecule has 0 bridgehead atoms. The quantitative estimate of drug-likeness (QED) is 0.689. The molecule has 0 aliphatic heterocycles. The van der Waals surface area contributed by atoms with E-state index in [4.69, 9.17) is 10.5 Å². The van der Waals surface area contributed by atoms with Crippen molar-refractivity contribution in [3.8, 4) is 0 Å². The average molecular weight is 213 g/mol. The molecule has 1 rings (SSSR count). The Kier molecular flexibility index (Phi) is 6.26. The molecule has 0 aromatic rings. The molecule has 2 N–H and O–H groups in total. The highest BCUT2D eigenvalue weighted by atomic mass is 16.5. The zero-order valence-corrected chi connectivity index (χ0v) is 10.4. The first-order valence-electron chi connectivity index (χ1n) is 6.55. The van der Waals surface area contributed by atoms with Crippen LogP contribution in [-0.4, -0.2) is 19.8 Å². The second-order valence-corrected chi connectivity index (χ2v) is 5.01. The van der Waals surface area contributed by atoms with Gasteiger partial charge in [0, 0.05) is 13.2 Å². The van der Waals surface area contributed by atoms with Gasteiger partial charge in [-0.1, -0.05) is 13.3 Å². The lowest BCUT2D eigenvalue weighted by molar-refractivity contribution is 0.122. The first kappa shape index (κ1) is 13.0. The van der Waals surface area contributed by atoms with Crippen LogP contribution >= 0.6 is 0 Å². The van der Waals surface area contributed by atoms with E-state index in [2.05, 4.69) is 13.8 Å². The maximum atomic E-state index is 5.84. The van der Waals surface area contributed by atoms with Gasteiger partial charge in [0.1, 0.15) is 0 Å². The van der Waals surface area contributed by atoms with Crippen molar-refractivity contribution in [2.24, 2.45) is 23.5 Å². The maximum absolute atomic E-state index is 5.84. The van der Waals surface area contributed by atoms with Gasteiger partial charge in [0.25, 0.3) is 0 Å². The van der Waals surface area contributed by atoms with Crippen LogP contribution in [-0.2, 0) is 4.74 Å². The Labute approximate surface area is 94.6 Å². The van der Waals surface area contributed by atoms with Gasteiger partial charge in [-0.25, -0.2) is 0 Å². The second kappa shape index (κ2) is 7.24. The first-order valence-corrected chi connectivity index (χ1v) is 6.55. The molecular weight excluding hydrogens is 186 g/mol. The van der Waals surface area contributed by atoms with Crippen molar-refractivity contribution in [2.45, 2.75) is 46.0 Å². The van der Waals surface area contributed by atoms with Gasteiger partial charge in [-0.2, -0.15) is 0 Å². The lowest BCUT2D eigenvalue weighted by Crippen LogP contribution is -2.29. The average Bonchev–Trinajstić information content (AvgIpc) is 2.25. The summed E-state index contributed by atoms with van der Waals surface area (Å²) in [5.74, 6) is 2.55. The molecule has 0 radical (unpaired) electrons. The van der Waals surface area contributed by atoms with Crippen molar-refractivity contribution in [1.29, 1.82) is 0 Å². The molecule has 3 unspecified atom stereocenters. The number of hydrogen-bond donors (Lipinski definition) is 1. The molecule has 1 aliphatic rings. The predicted molar refractivity (Wildman–Crippen MR) is 64.8 cm³/mol. The normalized spacial score (nSPS) is 31.8. The van der Waals surface area contributed by atoms with E-state index in [9.17, 15) is 0 Å². The third kappa shape index (κ3) is 4.52. The highest BCUT2D eigenvalue weighted by molar-refractivity contribution is 4.79. The Morgan fingerprint density at radius 3 is 2.73 bits per heavy atom. The monoisotopic (exact) mass is 213 g/mol. The third-order valence-corrected chi connectivity index (χ3v) is 3.77. The lowest BCUT2D eigenvalue weighted by atomic mass is 9.73. The molecule has 0 heterocycles. The van der Waals surface area contributed by atoms with Crippen molar-refractivity contribution >= 4 is 0 Å². The van der Waals surface area contributed by atoms with Crippen LogP contribution in [0.5, 0.6) is 0 Å². The highest BCUT2D eigenvalue weighted by Crippen LogP contribution is 2.35. The van der Waals surface area contributed by atoms with Gasteiger partial charge in [-0.05, 0) is 56.9 Å². The maximum Gasteiger partial charge on any atom is 0.0465 e. The predicted octanol–water partition coefficient (Wildman–Crippen LogP) is 2.81. The molecule has 1 fully saturated rings. The van der Waals surface area contributed by atoms with Crippen molar-refractivity contribution in [3.05, 3.63) is 0 Å². The van der Waals surface area contributed by atoms with Crippen molar-refractivity contribution < 1.29 is 4.74 Å². The van der Waals surface area contributed by atoms with Crippen LogP contribution in [0.3, 0.4) is 0 Å². The number of ether oxygens (including phenoxy) is 1. The van der Waals surface area contributed by atoms with E-state index in [0.717, 1.165) is 37.5 Å². The van der Waals surface area contributed by atoms with E-state index in [1.54, 1.807) is 0 Å². The van der Waals surface area contributed by atoms with Gasteiger partial charge in [-0.3, -0.25) is 0 Å². The number of rotatable bonds is 6.